The minimum absolute atomic E-state index is 0. The number of rotatable bonds is 14. The van der Waals surface area contributed by atoms with Gasteiger partial charge in [0.1, 0.15) is 25.6 Å². The molecular weight excluding hydrogens is 542 g/mol. The summed E-state index contributed by atoms with van der Waals surface area (Å²) in [6.45, 7) is 2.05. The Morgan fingerprint density at radius 3 is 1.60 bits per heavy atom. The zero-order chi connectivity index (χ0) is 28.1. The molecule has 0 fully saturated rings. The first-order valence-electron chi connectivity index (χ1n) is 14.2. The molecule has 1 unspecified atom stereocenters. The van der Waals surface area contributed by atoms with E-state index in [0.29, 0.717) is 26.4 Å². The second-order valence-corrected chi connectivity index (χ2v) is 10.1. The minimum atomic E-state index is 0. The number of halogens is 1. The molecule has 216 valence electrons. The molecule has 0 saturated heterocycles. The third kappa shape index (κ3) is 9.13. The summed E-state index contributed by atoms with van der Waals surface area (Å²) in [5.74, 6) is 2.53. The predicted octanol–water partition coefficient (Wildman–Crippen LogP) is 8.52. The van der Waals surface area contributed by atoms with Crippen LogP contribution in [-0.2, 0) is 26.2 Å². The highest BCUT2D eigenvalue weighted by Crippen LogP contribution is 2.34. The maximum atomic E-state index is 6.31. The standard InChI is InChI=1S/C37H37NO3.ClH/c38-25-34(20-19-29-17-10-18-35(23-29)39-26-30-11-4-1-5-12-30)33-21-22-36(40-27-31-13-6-2-7-14-31)37(24-33)41-28-32-15-8-3-9-16-32;/h1-18,21-24,34H,19-20,25-28,38H2;1H. The molecule has 5 aromatic carbocycles. The van der Waals surface area contributed by atoms with E-state index in [2.05, 4.69) is 66.7 Å². The molecule has 0 aromatic heterocycles. The largest absolute Gasteiger partial charge is 0.489 e. The Morgan fingerprint density at radius 2 is 1.02 bits per heavy atom. The van der Waals surface area contributed by atoms with Gasteiger partial charge in [-0.1, -0.05) is 109 Å². The second kappa shape index (κ2) is 16.3. The zero-order valence-electron chi connectivity index (χ0n) is 23.7. The highest BCUT2D eigenvalue weighted by atomic mass is 35.5. The van der Waals surface area contributed by atoms with Crippen LogP contribution in [0.5, 0.6) is 17.2 Å². The van der Waals surface area contributed by atoms with Gasteiger partial charge in [-0.15, -0.1) is 12.4 Å². The van der Waals surface area contributed by atoms with Gasteiger partial charge in [0, 0.05) is 0 Å². The summed E-state index contributed by atoms with van der Waals surface area (Å²) in [5.41, 5.74) is 12.1. The van der Waals surface area contributed by atoms with Crippen LogP contribution in [0.1, 0.15) is 40.2 Å². The van der Waals surface area contributed by atoms with Crippen molar-refractivity contribution in [3.05, 3.63) is 161 Å². The van der Waals surface area contributed by atoms with E-state index < -0.39 is 0 Å². The SMILES string of the molecule is Cl.NCC(CCc1cccc(OCc2ccccc2)c1)c1ccc(OCc2ccccc2)c(OCc2ccccc2)c1. The van der Waals surface area contributed by atoms with E-state index in [0.717, 1.165) is 52.3 Å². The lowest BCUT2D eigenvalue weighted by molar-refractivity contribution is 0.255. The monoisotopic (exact) mass is 579 g/mol. The molecule has 0 heterocycles. The van der Waals surface area contributed by atoms with Gasteiger partial charge in [0.25, 0.3) is 0 Å². The lowest BCUT2D eigenvalue weighted by atomic mass is 9.92. The van der Waals surface area contributed by atoms with E-state index in [9.17, 15) is 0 Å². The van der Waals surface area contributed by atoms with Gasteiger partial charge in [-0.05, 0) is 77.4 Å². The molecule has 42 heavy (non-hydrogen) atoms. The fraction of sp³-hybridized carbons (Fsp3) is 0.189. The average molecular weight is 580 g/mol. The van der Waals surface area contributed by atoms with Crippen molar-refractivity contribution in [3.63, 3.8) is 0 Å². The first-order chi connectivity index (χ1) is 20.3. The van der Waals surface area contributed by atoms with Gasteiger partial charge >= 0.3 is 0 Å². The van der Waals surface area contributed by atoms with Crippen molar-refractivity contribution in [2.45, 2.75) is 38.6 Å². The van der Waals surface area contributed by atoms with E-state index >= 15 is 0 Å². The topological polar surface area (TPSA) is 53.7 Å². The highest BCUT2D eigenvalue weighted by molar-refractivity contribution is 5.85. The first kappa shape index (κ1) is 30.7. The Labute approximate surface area is 255 Å². The summed E-state index contributed by atoms with van der Waals surface area (Å²) < 4.78 is 18.6. The molecular formula is C37H38ClNO3. The van der Waals surface area contributed by atoms with Gasteiger partial charge in [0.05, 0.1) is 0 Å². The molecule has 1 atom stereocenters. The zero-order valence-corrected chi connectivity index (χ0v) is 24.5. The van der Waals surface area contributed by atoms with Gasteiger partial charge in [-0.3, -0.25) is 0 Å². The van der Waals surface area contributed by atoms with Crippen molar-refractivity contribution in [1.29, 1.82) is 0 Å². The second-order valence-electron chi connectivity index (χ2n) is 10.1. The van der Waals surface area contributed by atoms with Crippen LogP contribution in [0.2, 0.25) is 0 Å². The number of aryl methyl sites for hydroxylation is 1. The molecule has 5 aromatic rings. The predicted molar refractivity (Wildman–Crippen MR) is 173 cm³/mol. The van der Waals surface area contributed by atoms with E-state index in [1.165, 1.54) is 5.56 Å². The Morgan fingerprint density at radius 1 is 0.500 bits per heavy atom. The third-order valence-corrected chi connectivity index (χ3v) is 7.13. The maximum Gasteiger partial charge on any atom is 0.161 e. The Balaban J connectivity index is 0.00000405. The fourth-order valence-electron chi connectivity index (χ4n) is 4.77. The van der Waals surface area contributed by atoms with Gasteiger partial charge in [0.15, 0.2) is 11.5 Å². The molecule has 0 spiro atoms. The van der Waals surface area contributed by atoms with Crippen LogP contribution in [0.15, 0.2) is 133 Å². The van der Waals surface area contributed by atoms with Crippen molar-refractivity contribution in [2.75, 3.05) is 6.54 Å². The van der Waals surface area contributed by atoms with Gasteiger partial charge < -0.3 is 19.9 Å². The number of nitrogens with two attached hydrogens (primary N) is 1. The van der Waals surface area contributed by atoms with Crippen molar-refractivity contribution < 1.29 is 14.2 Å². The first-order valence-corrected chi connectivity index (χ1v) is 14.2. The van der Waals surface area contributed by atoms with E-state index in [1.807, 2.05) is 66.7 Å². The smallest absolute Gasteiger partial charge is 0.161 e. The molecule has 5 heteroatoms. The summed E-state index contributed by atoms with van der Waals surface area (Å²) in [7, 11) is 0. The summed E-state index contributed by atoms with van der Waals surface area (Å²) in [5, 5.41) is 0. The van der Waals surface area contributed by atoms with Crippen molar-refractivity contribution in [1.82, 2.24) is 0 Å². The van der Waals surface area contributed by atoms with E-state index in [1.54, 1.807) is 0 Å². The van der Waals surface area contributed by atoms with E-state index in [-0.39, 0.29) is 18.3 Å². The Kier molecular flexibility index (Phi) is 11.9. The number of ether oxygens (including phenoxy) is 3. The van der Waals surface area contributed by atoms with Gasteiger partial charge in [-0.2, -0.15) is 0 Å². The fourth-order valence-corrected chi connectivity index (χ4v) is 4.77. The minimum Gasteiger partial charge on any atom is -0.489 e. The normalized spacial score (nSPS) is 11.3. The molecule has 0 aliphatic carbocycles. The molecule has 2 N–H and O–H groups in total. The highest BCUT2D eigenvalue weighted by Gasteiger charge is 2.15. The third-order valence-electron chi connectivity index (χ3n) is 7.13. The van der Waals surface area contributed by atoms with Crippen LogP contribution < -0.4 is 19.9 Å². The summed E-state index contributed by atoms with van der Waals surface area (Å²) >= 11 is 0. The van der Waals surface area contributed by atoms with Crippen LogP contribution >= 0.6 is 12.4 Å². The molecule has 0 aliphatic heterocycles. The summed E-state index contributed by atoms with van der Waals surface area (Å²) in [6.07, 6.45) is 1.82. The van der Waals surface area contributed by atoms with Gasteiger partial charge in [0.2, 0.25) is 0 Å². The molecule has 0 amide bonds. The van der Waals surface area contributed by atoms with Crippen molar-refractivity contribution in [3.8, 4) is 17.2 Å². The van der Waals surface area contributed by atoms with Crippen LogP contribution in [0.25, 0.3) is 0 Å². The summed E-state index contributed by atoms with van der Waals surface area (Å²) in [4.78, 5) is 0. The van der Waals surface area contributed by atoms with Crippen molar-refractivity contribution in [2.24, 2.45) is 5.73 Å². The lowest BCUT2D eigenvalue weighted by Crippen LogP contribution is -2.14. The number of benzene rings is 5. The van der Waals surface area contributed by atoms with E-state index in [4.69, 9.17) is 19.9 Å². The molecule has 5 rings (SSSR count). The lowest BCUT2D eigenvalue weighted by Gasteiger charge is -2.19. The molecule has 0 saturated carbocycles. The molecule has 0 bridgehead atoms. The Hall–Kier alpha value is -4.25. The maximum absolute atomic E-state index is 6.31. The van der Waals surface area contributed by atoms with Crippen LogP contribution in [0, 0.1) is 0 Å². The molecule has 0 aliphatic rings. The van der Waals surface area contributed by atoms with Gasteiger partial charge in [-0.25, -0.2) is 0 Å². The summed E-state index contributed by atoms with van der Waals surface area (Å²) in [6, 6.07) is 45.2. The number of hydrogen-bond acceptors (Lipinski definition) is 4. The average Bonchev–Trinajstić information content (AvgIpc) is 3.04. The number of hydrogen-bond donors (Lipinski definition) is 1. The molecule has 0 radical (unpaired) electrons. The van der Waals surface area contributed by atoms with Crippen LogP contribution in [-0.4, -0.2) is 6.54 Å². The van der Waals surface area contributed by atoms with Crippen LogP contribution in [0.4, 0.5) is 0 Å². The quantitative estimate of drug-likeness (QED) is 0.143. The molecule has 4 nitrogen and oxygen atoms in total. The van der Waals surface area contributed by atoms with Crippen molar-refractivity contribution >= 4 is 12.4 Å². The van der Waals surface area contributed by atoms with Crippen LogP contribution in [0.3, 0.4) is 0 Å². The Bertz CT molecular complexity index is 1480.